The maximum atomic E-state index is 5.37. The molecular weight excluding hydrogens is 238 g/mol. The Morgan fingerprint density at radius 2 is 1.95 bits per heavy atom. The molecular formula is C15H19N3O. The molecule has 4 heteroatoms. The SMILES string of the molecule is CCNc1cc(CC)nc(-c2ccccc2OC)n1. The molecule has 4 nitrogen and oxygen atoms in total. The van der Waals surface area contributed by atoms with E-state index in [0.29, 0.717) is 5.82 Å². The van der Waals surface area contributed by atoms with Crippen molar-refractivity contribution in [3.63, 3.8) is 0 Å². The number of nitrogens with one attached hydrogen (secondary N) is 1. The van der Waals surface area contributed by atoms with Crippen LogP contribution >= 0.6 is 0 Å². The number of hydrogen-bond donors (Lipinski definition) is 1. The Balaban J connectivity index is 2.51. The van der Waals surface area contributed by atoms with E-state index in [0.717, 1.165) is 35.8 Å². The van der Waals surface area contributed by atoms with E-state index < -0.39 is 0 Å². The highest BCUT2D eigenvalue weighted by atomic mass is 16.5. The van der Waals surface area contributed by atoms with Gasteiger partial charge in [0.25, 0.3) is 0 Å². The molecule has 1 N–H and O–H groups in total. The molecule has 0 aliphatic heterocycles. The average molecular weight is 257 g/mol. The molecule has 19 heavy (non-hydrogen) atoms. The van der Waals surface area contributed by atoms with E-state index in [1.54, 1.807) is 7.11 Å². The fraction of sp³-hybridized carbons (Fsp3) is 0.333. The van der Waals surface area contributed by atoms with Crippen molar-refractivity contribution in [2.45, 2.75) is 20.3 Å². The predicted octanol–water partition coefficient (Wildman–Crippen LogP) is 3.15. The van der Waals surface area contributed by atoms with Crippen LogP contribution in [0, 0.1) is 0 Å². The van der Waals surface area contributed by atoms with Crippen LogP contribution in [0.4, 0.5) is 5.82 Å². The highest BCUT2D eigenvalue weighted by molar-refractivity contribution is 5.65. The third-order valence-corrected chi connectivity index (χ3v) is 2.85. The topological polar surface area (TPSA) is 47.0 Å². The predicted molar refractivity (Wildman–Crippen MR) is 77.6 cm³/mol. The number of rotatable bonds is 5. The smallest absolute Gasteiger partial charge is 0.165 e. The van der Waals surface area contributed by atoms with Gasteiger partial charge in [-0.25, -0.2) is 9.97 Å². The fourth-order valence-electron chi connectivity index (χ4n) is 1.90. The fourth-order valence-corrected chi connectivity index (χ4v) is 1.90. The third-order valence-electron chi connectivity index (χ3n) is 2.85. The highest BCUT2D eigenvalue weighted by Crippen LogP contribution is 2.27. The first-order valence-corrected chi connectivity index (χ1v) is 6.53. The van der Waals surface area contributed by atoms with Crippen LogP contribution in [0.2, 0.25) is 0 Å². The van der Waals surface area contributed by atoms with Gasteiger partial charge in [0, 0.05) is 18.3 Å². The summed E-state index contributed by atoms with van der Waals surface area (Å²) in [5, 5.41) is 3.24. The van der Waals surface area contributed by atoms with Gasteiger partial charge in [-0.05, 0) is 25.5 Å². The van der Waals surface area contributed by atoms with E-state index in [1.807, 2.05) is 30.3 Å². The Morgan fingerprint density at radius 3 is 2.63 bits per heavy atom. The second kappa shape index (κ2) is 6.18. The summed E-state index contributed by atoms with van der Waals surface area (Å²) in [5.74, 6) is 2.35. The molecule has 0 unspecified atom stereocenters. The number of nitrogens with zero attached hydrogens (tertiary/aromatic N) is 2. The summed E-state index contributed by atoms with van der Waals surface area (Å²) >= 11 is 0. The van der Waals surface area contributed by atoms with Gasteiger partial charge in [0.1, 0.15) is 11.6 Å². The normalized spacial score (nSPS) is 10.3. The number of para-hydroxylation sites is 1. The number of aromatic nitrogens is 2. The monoisotopic (exact) mass is 257 g/mol. The molecule has 0 aliphatic carbocycles. The second-order valence-electron chi connectivity index (χ2n) is 4.15. The Bertz CT molecular complexity index is 555. The van der Waals surface area contributed by atoms with Crippen molar-refractivity contribution in [3.8, 4) is 17.1 Å². The molecule has 0 fully saturated rings. The number of aryl methyl sites for hydroxylation is 1. The van der Waals surface area contributed by atoms with Crippen LogP contribution in [-0.4, -0.2) is 23.6 Å². The Morgan fingerprint density at radius 1 is 1.16 bits per heavy atom. The lowest BCUT2D eigenvalue weighted by Gasteiger charge is -2.10. The molecule has 0 saturated carbocycles. The molecule has 2 aromatic rings. The molecule has 0 spiro atoms. The van der Waals surface area contributed by atoms with Crippen LogP contribution in [0.3, 0.4) is 0 Å². The van der Waals surface area contributed by atoms with E-state index in [4.69, 9.17) is 4.74 Å². The van der Waals surface area contributed by atoms with Gasteiger partial charge < -0.3 is 10.1 Å². The molecule has 1 heterocycles. The zero-order valence-corrected chi connectivity index (χ0v) is 11.6. The van der Waals surface area contributed by atoms with Crippen LogP contribution in [0.1, 0.15) is 19.5 Å². The van der Waals surface area contributed by atoms with Crippen molar-refractivity contribution in [1.29, 1.82) is 0 Å². The van der Waals surface area contributed by atoms with Gasteiger partial charge in [-0.2, -0.15) is 0 Å². The van der Waals surface area contributed by atoms with Gasteiger partial charge in [0.05, 0.1) is 12.7 Å². The second-order valence-corrected chi connectivity index (χ2v) is 4.15. The minimum atomic E-state index is 0.702. The van der Waals surface area contributed by atoms with Crippen LogP contribution in [0.5, 0.6) is 5.75 Å². The van der Waals surface area contributed by atoms with Crippen molar-refractivity contribution in [2.24, 2.45) is 0 Å². The van der Waals surface area contributed by atoms with Crippen molar-refractivity contribution in [1.82, 2.24) is 9.97 Å². The molecule has 0 saturated heterocycles. The van der Waals surface area contributed by atoms with Gasteiger partial charge in [-0.3, -0.25) is 0 Å². The highest BCUT2D eigenvalue weighted by Gasteiger charge is 2.10. The van der Waals surface area contributed by atoms with Gasteiger partial charge in [0.15, 0.2) is 5.82 Å². The van der Waals surface area contributed by atoms with Crippen LogP contribution in [0.15, 0.2) is 30.3 Å². The lowest BCUT2D eigenvalue weighted by Crippen LogP contribution is -2.04. The maximum Gasteiger partial charge on any atom is 0.165 e. The Labute approximate surface area is 113 Å². The summed E-state index contributed by atoms with van der Waals surface area (Å²) in [6.07, 6.45) is 0.878. The van der Waals surface area contributed by atoms with E-state index in [9.17, 15) is 0 Å². The van der Waals surface area contributed by atoms with Crippen molar-refractivity contribution >= 4 is 5.82 Å². The summed E-state index contributed by atoms with van der Waals surface area (Å²) in [6, 6.07) is 9.79. The molecule has 0 atom stereocenters. The van der Waals surface area contributed by atoms with E-state index >= 15 is 0 Å². The number of benzene rings is 1. The quantitative estimate of drug-likeness (QED) is 0.893. The van der Waals surface area contributed by atoms with E-state index in [1.165, 1.54) is 0 Å². The van der Waals surface area contributed by atoms with Gasteiger partial charge in [-0.1, -0.05) is 19.1 Å². The molecule has 100 valence electrons. The molecule has 0 aliphatic rings. The average Bonchev–Trinajstić information content (AvgIpc) is 2.47. The first-order valence-electron chi connectivity index (χ1n) is 6.53. The van der Waals surface area contributed by atoms with Gasteiger partial charge in [0.2, 0.25) is 0 Å². The van der Waals surface area contributed by atoms with Crippen molar-refractivity contribution < 1.29 is 4.74 Å². The minimum absolute atomic E-state index is 0.702. The standard InChI is InChI=1S/C15H19N3O/c1-4-11-10-14(16-5-2)18-15(17-11)12-8-6-7-9-13(12)19-3/h6-10H,4-5H2,1-3H3,(H,16,17,18). The molecule has 0 bridgehead atoms. The van der Waals surface area contributed by atoms with Crippen molar-refractivity contribution in [3.05, 3.63) is 36.0 Å². The van der Waals surface area contributed by atoms with E-state index in [2.05, 4.69) is 29.1 Å². The van der Waals surface area contributed by atoms with Crippen LogP contribution in [-0.2, 0) is 6.42 Å². The minimum Gasteiger partial charge on any atom is -0.496 e. The molecule has 1 aromatic heterocycles. The number of anilines is 1. The molecule has 0 amide bonds. The maximum absolute atomic E-state index is 5.37. The summed E-state index contributed by atoms with van der Waals surface area (Å²) < 4.78 is 5.37. The van der Waals surface area contributed by atoms with Gasteiger partial charge >= 0.3 is 0 Å². The zero-order valence-electron chi connectivity index (χ0n) is 11.6. The lowest BCUT2D eigenvalue weighted by atomic mass is 10.2. The molecule has 2 rings (SSSR count). The van der Waals surface area contributed by atoms with Crippen LogP contribution in [0.25, 0.3) is 11.4 Å². The third kappa shape index (κ3) is 3.02. The Hall–Kier alpha value is -2.10. The largest absolute Gasteiger partial charge is 0.496 e. The zero-order chi connectivity index (χ0) is 13.7. The first-order chi connectivity index (χ1) is 9.28. The van der Waals surface area contributed by atoms with Gasteiger partial charge in [-0.15, -0.1) is 0 Å². The number of methoxy groups -OCH3 is 1. The first kappa shape index (κ1) is 13.3. The Kier molecular flexibility index (Phi) is 4.34. The van der Waals surface area contributed by atoms with E-state index in [-0.39, 0.29) is 0 Å². The summed E-state index contributed by atoms with van der Waals surface area (Å²) in [4.78, 5) is 9.13. The lowest BCUT2D eigenvalue weighted by molar-refractivity contribution is 0.416. The van der Waals surface area contributed by atoms with Crippen molar-refractivity contribution in [2.75, 3.05) is 19.0 Å². The summed E-state index contributed by atoms with van der Waals surface area (Å²) in [6.45, 7) is 4.98. The summed E-state index contributed by atoms with van der Waals surface area (Å²) in [5.41, 5.74) is 1.94. The number of ether oxygens (including phenoxy) is 1. The molecule has 1 aromatic carbocycles. The molecule has 0 radical (unpaired) electrons. The summed E-state index contributed by atoms with van der Waals surface area (Å²) in [7, 11) is 1.66. The number of hydrogen-bond acceptors (Lipinski definition) is 4. The van der Waals surface area contributed by atoms with Crippen LogP contribution < -0.4 is 10.1 Å².